The smallest absolute Gasteiger partial charge is 0.244 e. The number of hydrogen-bond acceptors (Lipinski definition) is 4. The number of carbonyl (C=O) groups excluding carboxylic acids is 1. The van der Waals surface area contributed by atoms with Gasteiger partial charge in [-0.1, -0.05) is 31.4 Å². The van der Waals surface area contributed by atoms with E-state index in [2.05, 4.69) is 16.0 Å². The largest absolute Gasteiger partial charge is 0.391 e. The van der Waals surface area contributed by atoms with E-state index < -0.39 is 6.10 Å². The van der Waals surface area contributed by atoms with Gasteiger partial charge in [-0.3, -0.25) is 4.79 Å². The molecule has 5 heteroatoms. The molecule has 1 aliphatic heterocycles. The minimum Gasteiger partial charge on any atom is -0.391 e. The number of rotatable bonds is 2. The van der Waals surface area contributed by atoms with Crippen molar-refractivity contribution in [2.24, 2.45) is 0 Å². The van der Waals surface area contributed by atoms with Gasteiger partial charge >= 0.3 is 0 Å². The molecule has 2 aliphatic rings. The molecule has 21 heavy (non-hydrogen) atoms. The van der Waals surface area contributed by atoms with Crippen molar-refractivity contribution in [3.63, 3.8) is 0 Å². The van der Waals surface area contributed by atoms with E-state index in [0.717, 1.165) is 43.5 Å². The molecule has 3 atom stereocenters. The summed E-state index contributed by atoms with van der Waals surface area (Å²) in [5, 5.41) is 19.7. The fourth-order valence-corrected chi connectivity index (χ4v) is 3.11. The molecule has 114 valence electrons. The highest BCUT2D eigenvalue weighted by molar-refractivity contribution is 5.88. The molecule has 3 rings (SSSR count). The molecule has 0 saturated heterocycles. The maximum atomic E-state index is 12.4. The van der Waals surface area contributed by atoms with Crippen LogP contribution in [0.5, 0.6) is 0 Å². The summed E-state index contributed by atoms with van der Waals surface area (Å²) in [6.07, 6.45) is 4.49. The van der Waals surface area contributed by atoms with Crippen molar-refractivity contribution < 1.29 is 9.90 Å². The zero-order valence-electron chi connectivity index (χ0n) is 12.1. The van der Waals surface area contributed by atoms with E-state index in [1.54, 1.807) is 0 Å². The summed E-state index contributed by atoms with van der Waals surface area (Å²) >= 11 is 0. The fourth-order valence-electron chi connectivity index (χ4n) is 3.11. The van der Waals surface area contributed by atoms with Crippen LogP contribution in [0.25, 0.3) is 0 Å². The van der Waals surface area contributed by atoms with Crippen molar-refractivity contribution >= 4 is 17.3 Å². The number of benzene rings is 1. The van der Waals surface area contributed by atoms with Crippen LogP contribution in [-0.2, 0) is 4.79 Å². The van der Waals surface area contributed by atoms with Crippen LogP contribution < -0.4 is 16.0 Å². The van der Waals surface area contributed by atoms with Gasteiger partial charge in [-0.2, -0.15) is 0 Å². The van der Waals surface area contributed by atoms with Gasteiger partial charge < -0.3 is 21.1 Å². The summed E-state index contributed by atoms with van der Waals surface area (Å²) in [4.78, 5) is 12.4. The summed E-state index contributed by atoms with van der Waals surface area (Å²) in [5.41, 5.74) is 1.97. The van der Waals surface area contributed by atoms with Gasteiger partial charge in [0, 0.05) is 6.54 Å². The van der Waals surface area contributed by atoms with Crippen molar-refractivity contribution in [2.75, 3.05) is 17.2 Å². The third-order valence-electron chi connectivity index (χ3n) is 4.38. The number of carbonyl (C=O) groups is 1. The molecular weight excluding hydrogens is 266 g/mol. The number of amides is 1. The molecule has 4 N–H and O–H groups in total. The van der Waals surface area contributed by atoms with Crippen LogP contribution in [0.4, 0.5) is 11.4 Å². The molecule has 0 bridgehead atoms. The monoisotopic (exact) mass is 289 g/mol. The van der Waals surface area contributed by atoms with Crippen LogP contribution in [0.15, 0.2) is 24.3 Å². The maximum Gasteiger partial charge on any atom is 0.244 e. The van der Waals surface area contributed by atoms with Crippen LogP contribution in [-0.4, -0.2) is 35.7 Å². The first kappa shape index (κ1) is 14.2. The Kier molecular flexibility index (Phi) is 4.29. The second-order valence-electron chi connectivity index (χ2n) is 5.94. The van der Waals surface area contributed by atoms with E-state index in [-0.39, 0.29) is 18.0 Å². The van der Waals surface area contributed by atoms with Crippen molar-refractivity contribution in [1.82, 2.24) is 5.32 Å². The molecule has 0 spiro atoms. The first-order chi connectivity index (χ1) is 10.2. The number of nitrogens with one attached hydrogen (secondary N) is 3. The molecule has 1 amide bonds. The van der Waals surface area contributed by atoms with Crippen molar-refractivity contribution in [3.05, 3.63) is 24.3 Å². The lowest BCUT2D eigenvalue weighted by atomic mass is 10.0. The number of aliphatic hydroxyl groups is 1. The molecule has 1 aliphatic carbocycles. The van der Waals surface area contributed by atoms with E-state index >= 15 is 0 Å². The molecule has 3 unspecified atom stereocenters. The van der Waals surface area contributed by atoms with Crippen molar-refractivity contribution in [3.8, 4) is 0 Å². The summed E-state index contributed by atoms with van der Waals surface area (Å²) in [6.45, 7) is 0.561. The molecule has 0 radical (unpaired) electrons. The highest BCUT2D eigenvalue weighted by Gasteiger charge is 2.28. The van der Waals surface area contributed by atoms with Crippen LogP contribution >= 0.6 is 0 Å². The van der Waals surface area contributed by atoms with E-state index in [4.69, 9.17) is 0 Å². The van der Waals surface area contributed by atoms with Gasteiger partial charge in [-0.05, 0) is 25.0 Å². The van der Waals surface area contributed by atoms with Gasteiger partial charge in [-0.25, -0.2) is 0 Å². The molecule has 1 saturated carbocycles. The highest BCUT2D eigenvalue weighted by atomic mass is 16.3. The zero-order chi connectivity index (χ0) is 14.7. The molecule has 1 aromatic carbocycles. The quantitative estimate of drug-likeness (QED) is 0.625. The second kappa shape index (κ2) is 6.35. The third kappa shape index (κ3) is 3.29. The average molecular weight is 289 g/mol. The molecule has 5 nitrogen and oxygen atoms in total. The number of para-hydroxylation sites is 2. The number of fused-ring (bicyclic) bond motifs is 1. The Hall–Kier alpha value is -1.75. The van der Waals surface area contributed by atoms with Gasteiger partial charge in [0.2, 0.25) is 5.91 Å². The average Bonchev–Trinajstić information content (AvgIpc) is 2.72. The van der Waals surface area contributed by atoms with E-state index in [0.29, 0.717) is 6.54 Å². The topological polar surface area (TPSA) is 73.4 Å². The summed E-state index contributed by atoms with van der Waals surface area (Å²) in [5.74, 6) is -0.0389. The lowest BCUT2D eigenvalue weighted by Crippen LogP contribution is -2.52. The van der Waals surface area contributed by atoms with Crippen LogP contribution in [0, 0.1) is 0 Å². The second-order valence-corrected chi connectivity index (χ2v) is 5.94. The Morgan fingerprint density at radius 1 is 1.14 bits per heavy atom. The molecule has 0 aromatic heterocycles. The minimum absolute atomic E-state index is 0.0389. The van der Waals surface area contributed by atoms with Crippen molar-refractivity contribution in [2.45, 2.75) is 50.3 Å². The molecular formula is C16H23N3O2. The molecule has 1 fully saturated rings. The lowest BCUT2D eigenvalue weighted by molar-refractivity contribution is -0.123. The SMILES string of the molecule is O=C(NC1CCCCCC1O)C1CNc2ccccc2N1. The summed E-state index contributed by atoms with van der Waals surface area (Å²) < 4.78 is 0. The van der Waals surface area contributed by atoms with Gasteiger partial charge in [-0.15, -0.1) is 0 Å². The number of hydrogen-bond donors (Lipinski definition) is 4. The van der Waals surface area contributed by atoms with E-state index in [9.17, 15) is 9.90 Å². The van der Waals surface area contributed by atoms with Gasteiger partial charge in [0.1, 0.15) is 6.04 Å². The van der Waals surface area contributed by atoms with Crippen LogP contribution in [0.3, 0.4) is 0 Å². The Bertz CT molecular complexity index is 506. The standard InChI is InChI=1S/C16H23N3O2/c20-15-9-3-1-2-8-13(15)19-16(21)14-10-17-11-6-4-5-7-12(11)18-14/h4-7,13-15,17-18,20H,1-3,8-10H2,(H,19,21). The normalized spacial score (nSPS) is 28.5. The molecule has 1 heterocycles. The Morgan fingerprint density at radius 3 is 2.76 bits per heavy atom. The van der Waals surface area contributed by atoms with Crippen LogP contribution in [0.1, 0.15) is 32.1 Å². The Balaban J connectivity index is 1.61. The lowest BCUT2D eigenvalue weighted by Gasteiger charge is -2.30. The van der Waals surface area contributed by atoms with Crippen molar-refractivity contribution in [1.29, 1.82) is 0 Å². The predicted octanol–water partition coefficient (Wildman–Crippen LogP) is 1.70. The minimum atomic E-state index is -0.416. The van der Waals surface area contributed by atoms with Gasteiger partial charge in [0.15, 0.2) is 0 Å². The maximum absolute atomic E-state index is 12.4. The van der Waals surface area contributed by atoms with Gasteiger partial charge in [0.25, 0.3) is 0 Å². The predicted molar refractivity (Wildman–Crippen MR) is 83.4 cm³/mol. The summed E-state index contributed by atoms with van der Waals surface area (Å²) in [7, 11) is 0. The third-order valence-corrected chi connectivity index (χ3v) is 4.38. The van der Waals surface area contributed by atoms with E-state index in [1.807, 2.05) is 24.3 Å². The Labute approximate surface area is 125 Å². The fraction of sp³-hybridized carbons (Fsp3) is 0.562. The summed E-state index contributed by atoms with van der Waals surface area (Å²) in [6, 6.07) is 7.46. The zero-order valence-corrected chi connectivity index (χ0v) is 12.1. The number of anilines is 2. The first-order valence-electron chi connectivity index (χ1n) is 7.82. The molecule has 1 aromatic rings. The first-order valence-corrected chi connectivity index (χ1v) is 7.82. The van der Waals surface area contributed by atoms with E-state index in [1.165, 1.54) is 0 Å². The number of aliphatic hydroxyl groups excluding tert-OH is 1. The van der Waals surface area contributed by atoms with Crippen LogP contribution in [0.2, 0.25) is 0 Å². The van der Waals surface area contributed by atoms with Gasteiger partial charge in [0.05, 0.1) is 23.5 Å². The highest BCUT2D eigenvalue weighted by Crippen LogP contribution is 2.25. The Morgan fingerprint density at radius 2 is 1.90 bits per heavy atom.